The smallest absolute Gasteiger partial charge is 0.408 e. The number of alkyl carbamates (subject to hydrolysis) is 1. The molecule has 26 heavy (non-hydrogen) atoms. The van der Waals surface area contributed by atoms with Crippen LogP contribution in [0.2, 0.25) is 0 Å². The van der Waals surface area contributed by atoms with Crippen molar-refractivity contribution in [3.63, 3.8) is 0 Å². The van der Waals surface area contributed by atoms with Crippen molar-refractivity contribution >= 4 is 18.0 Å². The number of rotatable bonds is 7. The second kappa shape index (κ2) is 9.79. The van der Waals surface area contributed by atoms with Crippen LogP contribution in [0, 0.1) is 0 Å². The highest BCUT2D eigenvalue weighted by Crippen LogP contribution is 2.09. The van der Waals surface area contributed by atoms with Gasteiger partial charge in [0.05, 0.1) is 6.61 Å². The molecule has 1 N–H and O–H groups in total. The number of benzene rings is 1. The fourth-order valence-electron chi connectivity index (χ4n) is 2.20. The lowest BCUT2D eigenvalue weighted by atomic mass is 10.2. The van der Waals surface area contributed by atoms with E-state index >= 15 is 0 Å². The van der Waals surface area contributed by atoms with Crippen LogP contribution in [0.4, 0.5) is 4.79 Å². The van der Waals surface area contributed by atoms with Gasteiger partial charge in [-0.15, -0.1) is 0 Å². The van der Waals surface area contributed by atoms with Crippen molar-refractivity contribution in [2.24, 2.45) is 0 Å². The summed E-state index contributed by atoms with van der Waals surface area (Å²) in [6.07, 6.45) is -0.686. The first kappa shape index (κ1) is 21.5. The minimum atomic E-state index is -0.844. The summed E-state index contributed by atoms with van der Waals surface area (Å²) in [5.41, 5.74) is 0.205. The van der Waals surface area contributed by atoms with E-state index in [4.69, 9.17) is 9.47 Å². The fourth-order valence-corrected chi connectivity index (χ4v) is 2.20. The van der Waals surface area contributed by atoms with Crippen molar-refractivity contribution in [3.8, 4) is 0 Å². The average molecular weight is 364 g/mol. The molecule has 0 spiro atoms. The van der Waals surface area contributed by atoms with E-state index in [1.165, 1.54) is 4.90 Å². The zero-order chi connectivity index (χ0) is 19.7. The Hall–Kier alpha value is -2.57. The van der Waals surface area contributed by atoms with Crippen LogP contribution in [0.15, 0.2) is 30.3 Å². The molecule has 1 rings (SSSR count). The molecule has 0 heterocycles. The molecule has 0 fully saturated rings. The SMILES string of the molecule is CCOC(=O)CN(Cc1ccccc1)C(=O)C(C)NC(=O)OC(C)(C)C. The number of esters is 1. The lowest BCUT2D eigenvalue weighted by Gasteiger charge is -2.26. The molecule has 1 atom stereocenters. The van der Waals surface area contributed by atoms with Crippen LogP contribution < -0.4 is 5.32 Å². The molecule has 0 saturated heterocycles. The highest BCUT2D eigenvalue weighted by molar-refractivity contribution is 5.88. The minimum absolute atomic E-state index is 0.193. The molecule has 1 unspecified atom stereocenters. The number of carbonyl (C=O) groups is 3. The topological polar surface area (TPSA) is 84.9 Å². The fraction of sp³-hybridized carbons (Fsp3) is 0.526. The van der Waals surface area contributed by atoms with Crippen molar-refractivity contribution in [2.45, 2.75) is 52.8 Å². The highest BCUT2D eigenvalue weighted by atomic mass is 16.6. The molecule has 2 amide bonds. The standard InChI is InChI=1S/C19H28N2O5/c1-6-25-16(22)13-21(12-15-10-8-7-9-11-15)17(23)14(2)20-18(24)26-19(3,4)5/h7-11,14H,6,12-13H2,1-5H3,(H,20,24). The molecule has 7 nitrogen and oxygen atoms in total. The van der Waals surface area contributed by atoms with E-state index in [1.54, 1.807) is 34.6 Å². The third kappa shape index (κ3) is 8.00. The summed E-state index contributed by atoms with van der Waals surface area (Å²) in [5.74, 6) is -0.894. The maximum atomic E-state index is 12.7. The number of amides is 2. The molecule has 7 heteroatoms. The largest absolute Gasteiger partial charge is 0.465 e. The maximum absolute atomic E-state index is 12.7. The van der Waals surface area contributed by atoms with Gasteiger partial charge in [0.1, 0.15) is 18.2 Å². The van der Waals surface area contributed by atoms with E-state index in [-0.39, 0.29) is 19.7 Å². The van der Waals surface area contributed by atoms with Crippen LogP contribution in [0.1, 0.15) is 40.2 Å². The highest BCUT2D eigenvalue weighted by Gasteiger charge is 2.26. The number of ether oxygens (including phenoxy) is 2. The number of carbonyl (C=O) groups excluding carboxylic acids is 3. The molecule has 144 valence electrons. The van der Waals surface area contributed by atoms with Gasteiger partial charge in [-0.1, -0.05) is 30.3 Å². The Morgan fingerprint density at radius 2 is 1.77 bits per heavy atom. The van der Waals surface area contributed by atoms with E-state index in [1.807, 2.05) is 30.3 Å². The number of hydrogen-bond acceptors (Lipinski definition) is 5. The van der Waals surface area contributed by atoms with Crippen molar-refractivity contribution < 1.29 is 23.9 Å². The van der Waals surface area contributed by atoms with E-state index in [0.29, 0.717) is 0 Å². The number of nitrogens with one attached hydrogen (secondary N) is 1. The van der Waals surface area contributed by atoms with Crippen LogP contribution >= 0.6 is 0 Å². The Labute approximate surface area is 154 Å². The van der Waals surface area contributed by atoms with Gasteiger partial charge in [0, 0.05) is 6.54 Å². The third-order valence-corrected chi connectivity index (χ3v) is 3.26. The third-order valence-electron chi connectivity index (χ3n) is 3.26. The monoisotopic (exact) mass is 364 g/mol. The summed E-state index contributed by atoms with van der Waals surface area (Å²) in [6, 6.07) is 8.45. The van der Waals surface area contributed by atoms with Gasteiger partial charge in [0.25, 0.3) is 0 Å². The molecule has 0 bridgehead atoms. The van der Waals surface area contributed by atoms with Crippen molar-refractivity contribution in [2.75, 3.05) is 13.2 Å². The summed E-state index contributed by atoms with van der Waals surface area (Å²) in [4.78, 5) is 37.8. The molecular formula is C19H28N2O5. The predicted molar refractivity (Wildman–Crippen MR) is 97.3 cm³/mol. The van der Waals surface area contributed by atoms with Crippen molar-refractivity contribution in [1.29, 1.82) is 0 Å². The van der Waals surface area contributed by atoms with Crippen LogP contribution in [0.5, 0.6) is 0 Å². The van der Waals surface area contributed by atoms with Gasteiger partial charge in [-0.05, 0) is 40.2 Å². The second-order valence-electron chi connectivity index (χ2n) is 6.85. The molecule has 0 saturated carbocycles. The van der Waals surface area contributed by atoms with Crippen molar-refractivity contribution in [3.05, 3.63) is 35.9 Å². The van der Waals surface area contributed by atoms with E-state index in [0.717, 1.165) is 5.56 Å². The number of hydrogen-bond donors (Lipinski definition) is 1. The Bertz CT molecular complexity index is 610. The first-order chi connectivity index (χ1) is 12.1. The van der Waals surface area contributed by atoms with E-state index in [9.17, 15) is 14.4 Å². The second-order valence-corrected chi connectivity index (χ2v) is 6.85. The lowest BCUT2D eigenvalue weighted by molar-refractivity contribution is -0.149. The Balaban J connectivity index is 2.81. The minimum Gasteiger partial charge on any atom is -0.465 e. The summed E-state index contributed by atoms with van der Waals surface area (Å²) >= 11 is 0. The molecule has 0 aromatic heterocycles. The van der Waals surface area contributed by atoms with Gasteiger partial charge in [-0.3, -0.25) is 9.59 Å². The van der Waals surface area contributed by atoms with Crippen LogP contribution in [0.25, 0.3) is 0 Å². The quantitative estimate of drug-likeness (QED) is 0.752. The first-order valence-electron chi connectivity index (χ1n) is 8.60. The zero-order valence-electron chi connectivity index (χ0n) is 16.1. The van der Waals surface area contributed by atoms with Gasteiger partial charge >= 0.3 is 12.1 Å². The molecule has 0 radical (unpaired) electrons. The van der Waals surface area contributed by atoms with E-state index < -0.39 is 29.6 Å². The molecule has 0 aliphatic rings. The van der Waals surface area contributed by atoms with Gasteiger partial charge in [0.2, 0.25) is 5.91 Å². The van der Waals surface area contributed by atoms with Crippen LogP contribution in [-0.4, -0.2) is 47.7 Å². The van der Waals surface area contributed by atoms with Crippen molar-refractivity contribution in [1.82, 2.24) is 10.2 Å². The summed E-state index contributed by atoms with van der Waals surface area (Å²) < 4.78 is 10.1. The Morgan fingerprint density at radius 3 is 2.31 bits per heavy atom. The molecule has 1 aromatic rings. The Morgan fingerprint density at radius 1 is 1.15 bits per heavy atom. The average Bonchev–Trinajstić information content (AvgIpc) is 2.52. The molecule has 1 aromatic carbocycles. The molecule has 0 aliphatic carbocycles. The zero-order valence-corrected chi connectivity index (χ0v) is 16.1. The maximum Gasteiger partial charge on any atom is 0.408 e. The van der Waals surface area contributed by atoms with Gasteiger partial charge in [0.15, 0.2) is 0 Å². The predicted octanol–water partition coefficient (Wildman–Crippen LogP) is 2.49. The first-order valence-corrected chi connectivity index (χ1v) is 8.60. The molecular weight excluding hydrogens is 336 g/mol. The summed E-state index contributed by atoms with van der Waals surface area (Å²) in [6.45, 7) is 8.74. The Kier molecular flexibility index (Phi) is 8.09. The van der Waals surface area contributed by atoms with Crippen LogP contribution in [-0.2, 0) is 25.6 Å². The summed E-state index contributed by atoms with van der Waals surface area (Å²) in [7, 11) is 0. The van der Waals surface area contributed by atoms with E-state index in [2.05, 4.69) is 5.32 Å². The lowest BCUT2D eigenvalue weighted by Crippen LogP contribution is -2.49. The van der Waals surface area contributed by atoms with Gasteiger partial charge < -0.3 is 19.7 Å². The number of nitrogens with zero attached hydrogens (tertiary/aromatic N) is 1. The van der Waals surface area contributed by atoms with Gasteiger partial charge in [-0.2, -0.15) is 0 Å². The summed E-state index contributed by atoms with van der Waals surface area (Å²) in [5, 5.41) is 2.50. The molecule has 0 aliphatic heterocycles. The van der Waals surface area contributed by atoms with Crippen LogP contribution in [0.3, 0.4) is 0 Å². The van der Waals surface area contributed by atoms with Gasteiger partial charge in [-0.25, -0.2) is 4.79 Å². The normalized spacial score (nSPS) is 12.0.